The highest BCUT2D eigenvalue weighted by molar-refractivity contribution is 5.95. The number of aromatic nitrogens is 1. The molecule has 0 unspecified atom stereocenters. The van der Waals surface area contributed by atoms with Crippen LogP contribution in [0.1, 0.15) is 17.7 Å². The van der Waals surface area contributed by atoms with Crippen LogP contribution in [-0.2, 0) is 11.3 Å². The van der Waals surface area contributed by atoms with Crippen LogP contribution in [-0.4, -0.2) is 17.5 Å². The van der Waals surface area contributed by atoms with Gasteiger partial charge in [-0.2, -0.15) is 5.26 Å². The van der Waals surface area contributed by atoms with Crippen LogP contribution in [0.2, 0.25) is 0 Å². The number of pyridine rings is 1. The molecule has 2 heterocycles. The second-order valence-electron chi connectivity index (χ2n) is 4.67. The maximum Gasteiger partial charge on any atom is 0.230 e. The van der Waals surface area contributed by atoms with E-state index in [0.717, 1.165) is 11.3 Å². The topological polar surface area (TPSA) is 66.2 Å². The highest BCUT2D eigenvalue weighted by Gasteiger charge is 2.23. The molecule has 1 aliphatic rings. The minimum atomic E-state index is -0.0207. The highest BCUT2D eigenvalue weighted by atomic mass is 16.5. The molecule has 0 fully saturated rings. The van der Waals surface area contributed by atoms with Crippen molar-refractivity contribution in [2.45, 2.75) is 13.0 Å². The lowest BCUT2D eigenvalue weighted by atomic mass is 10.1. The first kappa shape index (κ1) is 13.1. The summed E-state index contributed by atoms with van der Waals surface area (Å²) in [6.45, 7) is 0.681. The van der Waals surface area contributed by atoms with E-state index in [9.17, 15) is 4.79 Å². The van der Waals surface area contributed by atoms with Gasteiger partial charge in [0.15, 0.2) is 0 Å². The van der Waals surface area contributed by atoms with Crippen LogP contribution in [0.5, 0.6) is 5.75 Å². The summed E-state index contributed by atoms with van der Waals surface area (Å²) in [6.07, 6.45) is 1.89. The van der Waals surface area contributed by atoms with E-state index < -0.39 is 0 Å². The third-order valence-electron chi connectivity index (χ3n) is 3.36. The van der Waals surface area contributed by atoms with Crippen LogP contribution in [0.25, 0.3) is 0 Å². The molecule has 0 atom stereocenters. The lowest BCUT2D eigenvalue weighted by Crippen LogP contribution is -2.30. The summed E-state index contributed by atoms with van der Waals surface area (Å²) < 4.78 is 5.60. The molecule has 21 heavy (non-hydrogen) atoms. The van der Waals surface area contributed by atoms with Crippen LogP contribution in [0.4, 0.5) is 5.69 Å². The predicted octanol–water partition coefficient (Wildman–Crippen LogP) is 2.27. The van der Waals surface area contributed by atoms with E-state index in [-0.39, 0.29) is 5.91 Å². The number of amides is 1. The molecule has 5 nitrogen and oxygen atoms in total. The van der Waals surface area contributed by atoms with Crippen molar-refractivity contribution >= 4 is 11.6 Å². The van der Waals surface area contributed by atoms with E-state index in [2.05, 4.69) is 11.1 Å². The average molecular weight is 279 g/mol. The van der Waals surface area contributed by atoms with E-state index in [4.69, 9.17) is 10.00 Å². The summed E-state index contributed by atoms with van der Waals surface area (Å²) in [6, 6.07) is 13.1. The maximum atomic E-state index is 12.3. The molecule has 1 amide bonds. The van der Waals surface area contributed by atoms with Crippen LogP contribution >= 0.6 is 0 Å². The number of nitriles is 1. The molecular weight excluding hydrogens is 266 g/mol. The van der Waals surface area contributed by atoms with Gasteiger partial charge in [-0.05, 0) is 18.2 Å². The van der Waals surface area contributed by atoms with E-state index in [1.807, 2.05) is 30.3 Å². The van der Waals surface area contributed by atoms with E-state index in [0.29, 0.717) is 31.0 Å². The van der Waals surface area contributed by atoms with Gasteiger partial charge in [0.25, 0.3) is 0 Å². The lowest BCUT2D eigenvalue weighted by molar-refractivity contribution is -0.118. The molecule has 3 rings (SSSR count). The summed E-state index contributed by atoms with van der Waals surface area (Å²) in [4.78, 5) is 18.0. The Morgan fingerprint density at radius 3 is 3.00 bits per heavy atom. The smallest absolute Gasteiger partial charge is 0.230 e. The Bertz CT molecular complexity index is 721. The maximum absolute atomic E-state index is 12.3. The standard InChI is InChI=1S/C16H13N3O2/c17-10-13-12(4-3-8-18-13)11-19-14-5-1-2-6-15(14)21-9-7-16(19)20/h1-6,8H,7,9,11H2. The molecule has 0 spiro atoms. The second-order valence-corrected chi connectivity index (χ2v) is 4.67. The lowest BCUT2D eigenvalue weighted by Gasteiger charge is -2.22. The van der Waals surface area contributed by atoms with Crippen molar-refractivity contribution in [2.75, 3.05) is 11.5 Å². The summed E-state index contributed by atoms with van der Waals surface area (Å²) in [5, 5.41) is 9.12. The molecule has 2 aromatic rings. The third kappa shape index (κ3) is 2.56. The van der Waals surface area contributed by atoms with Gasteiger partial charge in [0, 0.05) is 11.8 Å². The molecule has 104 valence electrons. The Hall–Kier alpha value is -2.87. The Morgan fingerprint density at radius 1 is 1.29 bits per heavy atom. The molecular formula is C16H13N3O2. The molecule has 0 saturated carbocycles. The van der Waals surface area contributed by atoms with Crippen LogP contribution in [0.3, 0.4) is 0 Å². The quantitative estimate of drug-likeness (QED) is 0.845. The van der Waals surface area contributed by atoms with Gasteiger partial charge >= 0.3 is 0 Å². The zero-order valence-corrected chi connectivity index (χ0v) is 11.3. The normalized spacial score (nSPS) is 13.9. The van der Waals surface area contributed by atoms with E-state index in [1.165, 1.54) is 0 Å². The van der Waals surface area contributed by atoms with Crippen LogP contribution in [0.15, 0.2) is 42.6 Å². The zero-order chi connectivity index (χ0) is 14.7. The van der Waals surface area contributed by atoms with Crippen LogP contribution in [0, 0.1) is 11.3 Å². The molecule has 0 bridgehead atoms. The molecule has 1 aromatic heterocycles. The van der Waals surface area contributed by atoms with Crippen molar-refractivity contribution in [1.29, 1.82) is 5.26 Å². The predicted molar refractivity (Wildman–Crippen MR) is 76.7 cm³/mol. The average Bonchev–Trinajstić information content (AvgIpc) is 2.68. The first-order valence-corrected chi connectivity index (χ1v) is 6.66. The Kier molecular flexibility index (Phi) is 3.52. The molecule has 1 aliphatic heterocycles. The minimum Gasteiger partial charge on any atom is -0.491 e. The zero-order valence-electron chi connectivity index (χ0n) is 11.3. The Labute approximate surface area is 122 Å². The second kappa shape index (κ2) is 5.63. The van der Waals surface area contributed by atoms with Gasteiger partial charge < -0.3 is 9.64 Å². The number of carbonyl (C=O) groups excluding carboxylic acids is 1. The number of para-hydroxylation sites is 2. The molecule has 0 aliphatic carbocycles. The molecule has 5 heteroatoms. The summed E-state index contributed by atoms with van der Waals surface area (Å²) in [5.41, 5.74) is 1.80. The minimum absolute atomic E-state index is 0.0207. The number of hydrogen-bond donors (Lipinski definition) is 0. The summed E-state index contributed by atoms with van der Waals surface area (Å²) >= 11 is 0. The fraction of sp³-hybridized carbons (Fsp3) is 0.188. The van der Waals surface area contributed by atoms with Gasteiger partial charge in [0.1, 0.15) is 17.5 Å². The largest absolute Gasteiger partial charge is 0.491 e. The Morgan fingerprint density at radius 2 is 2.14 bits per heavy atom. The number of hydrogen-bond acceptors (Lipinski definition) is 4. The van der Waals surface area contributed by atoms with Crippen molar-refractivity contribution in [1.82, 2.24) is 4.98 Å². The van der Waals surface area contributed by atoms with Crippen molar-refractivity contribution in [3.63, 3.8) is 0 Å². The van der Waals surface area contributed by atoms with E-state index in [1.54, 1.807) is 17.2 Å². The monoisotopic (exact) mass is 279 g/mol. The van der Waals surface area contributed by atoms with Gasteiger partial charge in [-0.15, -0.1) is 0 Å². The first-order chi connectivity index (χ1) is 10.3. The number of rotatable bonds is 2. The fourth-order valence-corrected chi connectivity index (χ4v) is 2.33. The molecule has 0 N–H and O–H groups in total. The third-order valence-corrected chi connectivity index (χ3v) is 3.36. The van der Waals surface area contributed by atoms with Crippen molar-refractivity contribution in [3.05, 3.63) is 53.9 Å². The van der Waals surface area contributed by atoms with Gasteiger partial charge in [0.2, 0.25) is 5.91 Å². The number of anilines is 1. The van der Waals surface area contributed by atoms with Crippen molar-refractivity contribution in [3.8, 4) is 11.8 Å². The van der Waals surface area contributed by atoms with Gasteiger partial charge in [-0.3, -0.25) is 4.79 Å². The van der Waals surface area contributed by atoms with E-state index >= 15 is 0 Å². The van der Waals surface area contributed by atoms with Gasteiger partial charge in [-0.1, -0.05) is 18.2 Å². The summed E-state index contributed by atoms with van der Waals surface area (Å²) in [7, 11) is 0. The van der Waals surface area contributed by atoms with Crippen LogP contribution < -0.4 is 9.64 Å². The summed E-state index contributed by atoms with van der Waals surface area (Å²) in [5.74, 6) is 0.665. The number of nitrogens with zero attached hydrogens (tertiary/aromatic N) is 3. The number of carbonyl (C=O) groups is 1. The van der Waals surface area contributed by atoms with Crippen molar-refractivity contribution in [2.24, 2.45) is 0 Å². The Balaban J connectivity index is 2.00. The van der Waals surface area contributed by atoms with Gasteiger partial charge in [0.05, 0.1) is 25.3 Å². The number of ether oxygens (including phenoxy) is 1. The molecule has 0 radical (unpaired) electrons. The fourth-order valence-electron chi connectivity index (χ4n) is 2.33. The molecule has 1 aromatic carbocycles. The highest BCUT2D eigenvalue weighted by Crippen LogP contribution is 2.32. The van der Waals surface area contributed by atoms with Crippen molar-refractivity contribution < 1.29 is 9.53 Å². The van der Waals surface area contributed by atoms with Gasteiger partial charge in [-0.25, -0.2) is 4.98 Å². The first-order valence-electron chi connectivity index (χ1n) is 6.66. The SMILES string of the molecule is N#Cc1ncccc1CN1C(=O)CCOc2ccccc21. The molecule has 0 saturated heterocycles. The number of fused-ring (bicyclic) bond motifs is 1. The number of benzene rings is 1.